The van der Waals surface area contributed by atoms with Crippen LogP contribution in [0.5, 0.6) is 0 Å². The first kappa shape index (κ1) is 17.8. The zero-order chi connectivity index (χ0) is 18.9. The third-order valence-electron chi connectivity index (χ3n) is 6.65. The van der Waals surface area contributed by atoms with Crippen LogP contribution in [0.25, 0.3) is 10.9 Å². The Hall–Kier alpha value is -1.61. The average molecular weight is 353 g/mol. The molecule has 0 unspecified atom stereocenters. The minimum absolute atomic E-state index is 0.217. The molecule has 2 heterocycles. The van der Waals surface area contributed by atoms with Gasteiger partial charge in [-0.1, -0.05) is 26.8 Å². The zero-order valence-electron chi connectivity index (χ0n) is 17.1. The lowest BCUT2D eigenvalue weighted by atomic mass is 9.65. The minimum Gasteiger partial charge on any atom is -0.358 e. The van der Waals surface area contributed by atoms with Crippen molar-refractivity contribution in [3.63, 3.8) is 0 Å². The number of nitrogens with zero attached hydrogens (tertiary/aromatic N) is 1. The molecule has 0 radical (unpaired) electrons. The van der Waals surface area contributed by atoms with Crippen LogP contribution in [0.3, 0.4) is 0 Å². The molecule has 0 spiro atoms. The van der Waals surface area contributed by atoms with E-state index in [1.165, 1.54) is 19.3 Å². The van der Waals surface area contributed by atoms with Gasteiger partial charge in [0.15, 0.2) is 5.43 Å². The van der Waals surface area contributed by atoms with Crippen molar-refractivity contribution < 1.29 is 0 Å². The first-order valence-corrected chi connectivity index (χ1v) is 9.94. The molecule has 26 heavy (non-hydrogen) atoms. The second-order valence-corrected chi connectivity index (χ2v) is 10.2. The number of nitrogens with one attached hydrogen (secondary N) is 1. The Kier molecular flexibility index (Phi) is 3.89. The van der Waals surface area contributed by atoms with E-state index < -0.39 is 0 Å². The quantitative estimate of drug-likeness (QED) is 0.838. The lowest BCUT2D eigenvalue weighted by Crippen LogP contribution is -2.35. The molecule has 140 valence electrons. The summed E-state index contributed by atoms with van der Waals surface area (Å²) >= 11 is 0. The van der Waals surface area contributed by atoms with Crippen molar-refractivity contribution in [3.8, 4) is 0 Å². The SMILES string of the molecule is Cc1cc(C)c2[nH]c(C)c(CN3C[C@@]4(C)C[C@H]3CC(C)(C)C4)c(=O)c2c1. The van der Waals surface area contributed by atoms with E-state index in [2.05, 4.69) is 57.5 Å². The maximum absolute atomic E-state index is 13.3. The molecule has 1 aromatic carbocycles. The maximum atomic E-state index is 13.3. The average Bonchev–Trinajstić information content (AvgIpc) is 2.73. The van der Waals surface area contributed by atoms with Crippen LogP contribution in [0.1, 0.15) is 62.4 Å². The summed E-state index contributed by atoms with van der Waals surface area (Å²) in [4.78, 5) is 19.4. The molecule has 3 heteroatoms. The van der Waals surface area contributed by atoms with Crippen LogP contribution < -0.4 is 5.43 Å². The summed E-state index contributed by atoms with van der Waals surface area (Å²) in [7, 11) is 0. The number of rotatable bonds is 2. The summed E-state index contributed by atoms with van der Waals surface area (Å²) in [5.74, 6) is 0. The Morgan fingerprint density at radius 3 is 2.62 bits per heavy atom. The number of pyridine rings is 1. The maximum Gasteiger partial charge on any atom is 0.194 e. The van der Waals surface area contributed by atoms with Crippen LogP contribution in [0.2, 0.25) is 0 Å². The number of hydrogen-bond acceptors (Lipinski definition) is 2. The molecule has 2 aromatic rings. The van der Waals surface area contributed by atoms with Crippen LogP contribution in [-0.2, 0) is 6.54 Å². The minimum atomic E-state index is 0.217. The summed E-state index contributed by atoms with van der Waals surface area (Å²) in [6.07, 6.45) is 3.81. The molecule has 2 aliphatic rings. The third kappa shape index (κ3) is 2.90. The van der Waals surface area contributed by atoms with Gasteiger partial charge in [-0.3, -0.25) is 9.69 Å². The fraction of sp³-hybridized carbons (Fsp3) is 0.609. The van der Waals surface area contributed by atoms with E-state index in [0.717, 1.165) is 46.4 Å². The van der Waals surface area contributed by atoms with Gasteiger partial charge >= 0.3 is 0 Å². The zero-order valence-corrected chi connectivity index (χ0v) is 17.1. The van der Waals surface area contributed by atoms with Crippen LogP contribution >= 0.6 is 0 Å². The number of benzene rings is 1. The van der Waals surface area contributed by atoms with E-state index in [4.69, 9.17) is 0 Å². The summed E-state index contributed by atoms with van der Waals surface area (Å²) in [5, 5.41) is 0.844. The van der Waals surface area contributed by atoms with E-state index in [9.17, 15) is 4.79 Å². The Balaban J connectivity index is 1.74. The monoisotopic (exact) mass is 352 g/mol. The fourth-order valence-electron chi connectivity index (χ4n) is 6.06. The molecular formula is C23H32N2O. The standard InChI is InChI=1S/C23H32N2O/c1-14-7-15(2)20-18(8-14)21(26)19(16(3)24-20)11-25-13-23(6)10-17(25)9-22(4,5)12-23/h7-8,17H,9-13H2,1-6H3,(H,24,26)/t17-,23+/m1/s1. The predicted octanol–water partition coefficient (Wildman–Crippen LogP) is 4.85. The largest absolute Gasteiger partial charge is 0.358 e. The van der Waals surface area contributed by atoms with Gasteiger partial charge in [0.25, 0.3) is 0 Å². The molecule has 2 bridgehead atoms. The Labute approximate surface area is 156 Å². The van der Waals surface area contributed by atoms with Gasteiger partial charge in [0.2, 0.25) is 0 Å². The van der Waals surface area contributed by atoms with E-state index >= 15 is 0 Å². The molecule has 2 fully saturated rings. The number of fused-ring (bicyclic) bond motifs is 3. The number of H-pyrrole nitrogens is 1. The van der Waals surface area contributed by atoms with Gasteiger partial charge in [0, 0.05) is 35.8 Å². The molecule has 1 saturated carbocycles. The first-order valence-electron chi connectivity index (χ1n) is 9.94. The van der Waals surface area contributed by atoms with E-state index in [1.54, 1.807) is 0 Å². The summed E-state index contributed by atoms with van der Waals surface area (Å²) < 4.78 is 0. The van der Waals surface area contributed by atoms with Crippen molar-refractivity contribution in [2.75, 3.05) is 6.54 Å². The number of likely N-dealkylation sites (tertiary alicyclic amines) is 1. The van der Waals surface area contributed by atoms with Gasteiger partial charge in [0.05, 0.1) is 5.52 Å². The summed E-state index contributed by atoms with van der Waals surface area (Å²) in [6, 6.07) is 4.79. The molecule has 1 saturated heterocycles. The fourth-order valence-corrected chi connectivity index (χ4v) is 6.06. The summed E-state index contributed by atoms with van der Waals surface area (Å²) in [5.41, 5.74) is 6.31. The molecule has 4 rings (SSSR count). The second kappa shape index (κ2) is 5.69. The van der Waals surface area contributed by atoms with Crippen molar-refractivity contribution in [1.82, 2.24) is 9.88 Å². The van der Waals surface area contributed by atoms with Crippen molar-refractivity contribution in [1.29, 1.82) is 0 Å². The highest BCUT2D eigenvalue weighted by molar-refractivity contribution is 5.83. The molecular weight excluding hydrogens is 320 g/mol. The molecule has 2 atom stereocenters. The number of aromatic nitrogens is 1. The smallest absolute Gasteiger partial charge is 0.194 e. The van der Waals surface area contributed by atoms with Crippen LogP contribution in [0.15, 0.2) is 16.9 Å². The Bertz CT molecular complexity index is 939. The van der Waals surface area contributed by atoms with Gasteiger partial charge in [0.1, 0.15) is 0 Å². The highest BCUT2D eigenvalue weighted by Crippen LogP contribution is 2.52. The molecule has 1 aliphatic carbocycles. The van der Waals surface area contributed by atoms with Crippen molar-refractivity contribution in [2.45, 2.75) is 73.4 Å². The molecule has 1 aliphatic heterocycles. The molecule has 1 aromatic heterocycles. The Morgan fingerprint density at radius 1 is 1.15 bits per heavy atom. The third-order valence-corrected chi connectivity index (χ3v) is 6.65. The van der Waals surface area contributed by atoms with Gasteiger partial charge in [-0.2, -0.15) is 0 Å². The van der Waals surface area contributed by atoms with Crippen LogP contribution in [0, 0.1) is 31.6 Å². The van der Waals surface area contributed by atoms with Crippen molar-refractivity contribution in [3.05, 3.63) is 44.7 Å². The molecule has 1 N–H and O–H groups in total. The first-order chi connectivity index (χ1) is 12.1. The highest BCUT2D eigenvalue weighted by Gasteiger charge is 2.49. The predicted molar refractivity (Wildman–Crippen MR) is 109 cm³/mol. The lowest BCUT2D eigenvalue weighted by Gasteiger charge is -2.40. The van der Waals surface area contributed by atoms with E-state index in [-0.39, 0.29) is 5.43 Å². The Morgan fingerprint density at radius 2 is 1.88 bits per heavy atom. The van der Waals surface area contributed by atoms with Gasteiger partial charge in [-0.15, -0.1) is 0 Å². The lowest BCUT2D eigenvalue weighted by molar-refractivity contribution is 0.126. The molecule has 3 nitrogen and oxygen atoms in total. The normalized spacial score (nSPS) is 28.0. The van der Waals surface area contributed by atoms with Crippen molar-refractivity contribution in [2.24, 2.45) is 10.8 Å². The number of aryl methyl sites for hydroxylation is 3. The van der Waals surface area contributed by atoms with Gasteiger partial charge < -0.3 is 4.98 Å². The van der Waals surface area contributed by atoms with Gasteiger partial charge in [-0.25, -0.2) is 0 Å². The van der Waals surface area contributed by atoms with E-state index in [1.807, 2.05) is 6.07 Å². The summed E-state index contributed by atoms with van der Waals surface area (Å²) in [6.45, 7) is 15.3. The van der Waals surface area contributed by atoms with Crippen LogP contribution in [-0.4, -0.2) is 22.5 Å². The second-order valence-electron chi connectivity index (χ2n) is 10.2. The molecule has 0 amide bonds. The highest BCUT2D eigenvalue weighted by atomic mass is 16.1. The topological polar surface area (TPSA) is 36.1 Å². The number of hydrogen-bond donors (Lipinski definition) is 1. The van der Waals surface area contributed by atoms with Gasteiger partial charge in [-0.05, 0) is 68.1 Å². The number of aromatic amines is 1. The van der Waals surface area contributed by atoms with Crippen LogP contribution in [0.4, 0.5) is 0 Å². The van der Waals surface area contributed by atoms with E-state index in [0.29, 0.717) is 16.9 Å². The van der Waals surface area contributed by atoms with Crippen molar-refractivity contribution >= 4 is 10.9 Å².